The lowest BCUT2D eigenvalue weighted by atomic mass is 10.1. The molecule has 1 aromatic carbocycles. The maximum atomic E-state index is 11.7. The van der Waals surface area contributed by atoms with Gasteiger partial charge in [-0.2, -0.15) is 0 Å². The summed E-state index contributed by atoms with van der Waals surface area (Å²) in [5.41, 5.74) is 0.908. The number of nitrogens with one attached hydrogen (secondary N) is 1. The van der Waals surface area contributed by atoms with Crippen LogP contribution in [0.4, 0.5) is 0 Å². The van der Waals surface area contributed by atoms with Gasteiger partial charge in [0.05, 0.1) is 7.11 Å². The van der Waals surface area contributed by atoms with Gasteiger partial charge in [-0.25, -0.2) is 0 Å². The van der Waals surface area contributed by atoms with Crippen LogP contribution >= 0.6 is 0 Å². The Morgan fingerprint density at radius 1 is 1.33 bits per heavy atom. The average molecular weight is 291 g/mol. The summed E-state index contributed by atoms with van der Waals surface area (Å²) >= 11 is 0. The number of hydrogen-bond acceptors (Lipinski definition) is 3. The Bertz CT molecular complexity index is 469. The molecular weight excluding hydrogens is 266 g/mol. The molecule has 0 heterocycles. The van der Waals surface area contributed by atoms with E-state index >= 15 is 0 Å². The monoisotopic (exact) mass is 291 g/mol. The third-order valence-electron chi connectivity index (χ3n) is 3.24. The Labute approximate surface area is 126 Å². The Balaban J connectivity index is 2.23. The second-order valence-electron chi connectivity index (χ2n) is 4.95. The molecule has 21 heavy (non-hydrogen) atoms. The van der Waals surface area contributed by atoms with Crippen molar-refractivity contribution in [3.05, 3.63) is 35.9 Å². The Kier molecular flexibility index (Phi) is 8.02. The van der Waals surface area contributed by atoms with Crippen molar-refractivity contribution in [3.63, 3.8) is 0 Å². The standard InChI is InChI=1S/C17H25NO3/c1-3-4-5-6-7-8-9-17(20)18-13-14-10-11-15(19)16(12-14)21-2/h3-4,10-12,19H,5-9,13H2,1-2H3,(H,18,20)/b4-3+. The summed E-state index contributed by atoms with van der Waals surface area (Å²) in [4.78, 5) is 11.7. The van der Waals surface area contributed by atoms with Crippen LogP contribution in [0.3, 0.4) is 0 Å². The molecule has 0 saturated carbocycles. The number of unbranched alkanes of at least 4 members (excludes halogenated alkanes) is 3. The largest absolute Gasteiger partial charge is 0.504 e. The van der Waals surface area contributed by atoms with E-state index in [1.165, 1.54) is 7.11 Å². The molecule has 0 fully saturated rings. The van der Waals surface area contributed by atoms with E-state index in [2.05, 4.69) is 17.5 Å². The van der Waals surface area contributed by atoms with Crippen molar-refractivity contribution in [1.82, 2.24) is 5.32 Å². The SMILES string of the molecule is C/C=C/CCCCCC(=O)NCc1ccc(O)c(OC)c1. The van der Waals surface area contributed by atoms with Crippen LogP contribution in [-0.2, 0) is 11.3 Å². The predicted molar refractivity (Wildman–Crippen MR) is 84.4 cm³/mol. The van der Waals surface area contributed by atoms with E-state index in [1.807, 2.05) is 6.92 Å². The summed E-state index contributed by atoms with van der Waals surface area (Å²) in [6.07, 6.45) is 8.98. The minimum Gasteiger partial charge on any atom is -0.504 e. The number of aromatic hydroxyl groups is 1. The van der Waals surface area contributed by atoms with Crippen LogP contribution in [-0.4, -0.2) is 18.1 Å². The first-order valence-electron chi connectivity index (χ1n) is 7.41. The molecule has 4 heteroatoms. The molecule has 0 atom stereocenters. The highest BCUT2D eigenvalue weighted by Crippen LogP contribution is 2.26. The number of hydrogen-bond donors (Lipinski definition) is 2. The molecule has 2 N–H and O–H groups in total. The van der Waals surface area contributed by atoms with Gasteiger partial charge in [-0.15, -0.1) is 0 Å². The van der Waals surface area contributed by atoms with Crippen LogP contribution < -0.4 is 10.1 Å². The topological polar surface area (TPSA) is 58.6 Å². The lowest BCUT2D eigenvalue weighted by molar-refractivity contribution is -0.121. The minimum absolute atomic E-state index is 0.0630. The number of phenolic OH excluding ortho intramolecular Hbond substituents is 1. The molecule has 0 aliphatic heterocycles. The lowest BCUT2D eigenvalue weighted by Gasteiger charge is -2.08. The molecule has 0 aliphatic carbocycles. The number of carbonyl (C=O) groups excluding carboxylic acids is 1. The molecule has 1 rings (SSSR count). The average Bonchev–Trinajstić information content (AvgIpc) is 2.50. The van der Waals surface area contributed by atoms with Gasteiger partial charge in [-0.05, 0) is 43.9 Å². The summed E-state index contributed by atoms with van der Waals surface area (Å²) in [5, 5.41) is 12.4. The normalized spacial score (nSPS) is 10.8. The molecule has 0 unspecified atom stereocenters. The number of rotatable bonds is 9. The molecule has 0 aromatic heterocycles. The highest BCUT2D eigenvalue weighted by Gasteiger charge is 2.05. The third kappa shape index (κ3) is 6.84. The van der Waals surface area contributed by atoms with Crippen LogP contribution in [0.15, 0.2) is 30.4 Å². The van der Waals surface area contributed by atoms with Crippen LogP contribution in [0.5, 0.6) is 11.5 Å². The fourth-order valence-electron chi connectivity index (χ4n) is 2.01. The number of methoxy groups -OCH3 is 1. The molecule has 0 bridgehead atoms. The van der Waals surface area contributed by atoms with E-state index in [1.54, 1.807) is 18.2 Å². The molecule has 116 valence electrons. The van der Waals surface area contributed by atoms with Gasteiger partial charge in [0.2, 0.25) is 5.91 Å². The zero-order valence-electron chi connectivity index (χ0n) is 12.9. The molecular formula is C17H25NO3. The maximum Gasteiger partial charge on any atom is 0.220 e. The highest BCUT2D eigenvalue weighted by atomic mass is 16.5. The number of allylic oxidation sites excluding steroid dienone is 2. The summed E-state index contributed by atoms with van der Waals surface area (Å²) in [5.74, 6) is 0.590. The van der Waals surface area contributed by atoms with E-state index in [4.69, 9.17) is 4.74 Å². The molecule has 1 aromatic rings. The van der Waals surface area contributed by atoms with Gasteiger partial charge in [0.15, 0.2) is 11.5 Å². The van der Waals surface area contributed by atoms with Crippen molar-refractivity contribution in [3.8, 4) is 11.5 Å². The molecule has 0 spiro atoms. The van der Waals surface area contributed by atoms with E-state index < -0.39 is 0 Å². The highest BCUT2D eigenvalue weighted by molar-refractivity contribution is 5.75. The van der Waals surface area contributed by atoms with Crippen molar-refractivity contribution in [1.29, 1.82) is 0 Å². The fourth-order valence-corrected chi connectivity index (χ4v) is 2.01. The van der Waals surface area contributed by atoms with E-state index in [-0.39, 0.29) is 11.7 Å². The van der Waals surface area contributed by atoms with Crippen LogP contribution in [0, 0.1) is 0 Å². The van der Waals surface area contributed by atoms with Gasteiger partial charge in [-0.3, -0.25) is 4.79 Å². The van der Waals surface area contributed by atoms with Gasteiger partial charge in [-0.1, -0.05) is 24.6 Å². The first-order chi connectivity index (χ1) is 10.2. The van der Waals surface area contributed by atoms with E-state index in [9.17, 15) is 9.90 Å². The first kappa shape index (κ1) is 17.1. The Morgan fingerprint density at radius 3 is 2.86 bits per heavy atom. The molecule has 0 saturated heterocycles. The predicted octanol–water partition coefficient (Wildman–Crippen LogP) is 3.54. The number of ether oxygens (including phenoxy) is 1. The second kappa shape index (κ2) is 9.86. The van der Waals surface area contributed by atoms with Crippen molar-refractivity contribution < 1.29 is 14.6 Å². The van der Waals surface area contributed by atoms with Gasteiger partial charge in [0.25, 0.3) is 0 Å². The summed E-state index contributed by atoms with van der Waals surface area (Å²) in [7, 11) is 1.51. The van der Waals surface area contributed by atoms with Crippen LogP contribution in [0.2, 0.25) is 0 Å². The first-order valence-corrected chi connectivity index (χ1v) is 7.41. The van der Waals surface area contributed by atoms with Gasteiger partial charge >= 0.3 is 0 Å². The third-order valence-corrected chi connectivity index (χ3v) is 3.24. The van der Waals surface area contributed by atoms with E-state index in [0.717, 1.165) is 31.2 Å². The van der Waals surface area contributed by atoms with Crippen molar-refractivity contribution in [2.75, 3.05) is 7.11 Å². The van der Waals surface area contributed by atoms with Gasteiger partial charge < -0.3 is 15.2 Å². The zero-order chi connectivity index (χ0) is 15.5. The lowest BCUT2D eigenvalue weighted by Crippen LogP contribution is -2.22. The molecule has 1 amide bonds. The summed E-state index contributed by atoms with van der Waals surface area (Å²) in [6.45, 7) is 2.47. The Morgan fingerprint density at radius 2 is 2.14 bits per heavy atom. The number of amides is 1. The Hall–Kier alpha value is -1.97. The maximum absolute atomic E-state index is 11.7. The second-order valence-corrected chi connectivity index (χ2v) is 4.95. The number of carbonyl (C=O) groups is 1. The number of benzene rings is 1. The summed E-state index contributed by atoms with van der Waals surface area (Å²) in [6, 6.07) is 5.07. The molecule has 0 aliphatic rings. The van der Waals surface area contributed by atoms with Crippen LogP contribution in [0.25, 0.3) is 0 Å². The van der Waals surface area contributed by atoms with Crippen molar-refractivity contribution in [2.24, 2.45) is 0 Å². The minimum atomic E-state index is 0.0630. The number of phenols is 1. The van der Waals surface area contributed by atoms with Crippen LogP contribution in [0.1, 0.15) is 44.6 Å². The van der Waals surface area contributed by atoms with E-state index in [0.29, 0.717) is 18.7 Å². The van der Waals surface area contributed by atoms with Crippen molar-refractivity contribution in [2.45, 2.75) is 45.6 Å². The van der Waals surface area contributed by atoms with Gasteiger partial charge in [0.1, 0.15) is 0 Å². The quantitative estimate of drug-likeness (QED) is 0.540. The van der Waals surface area contributed by atoms with Crippen molar-refractivity contribution >= 4 is 5.91 Å². The smallest absolute Gasteiger partial charge is 0.220 e. The zero-order valence-corrected chi connectivity index (χ0v) is 12.9. The van der Waals surface area contributed by atoms with Gasteiger partial charge in [0, 0.05) is 13.0 Å². The molecule has 4 nitrogen and oxygen atoms in total. The fraction of sp³-hybridized carbons (Fsp3) is 0.471. The summed E-state index contributed by atoms with van der Waals surface area (Å²) < 4.78 is 5.04. The molecule has 0 radical (unpaired) electrons.